The summed E-state index contributed by atoms with van der Waals surface area (Å²) in [7, 11) is -6.78. The summed E-state index contributed by atoms with van der Waals surface area (Å²) >= 11 is 0. The monoisotopic (exact) mass is 494 g/mol. The minimum absolute atomic E-state index is 0.192. The van der Waals surface area contributed by atoms with Crippen molar-refractivity contribution < 1.29 is 9.13 Å². The molecule has 0 amide bonds. The fraction of sp³-hybridized carbons (Fsp3) is 0.0345. The van der Waals surface area contributed by atoms with Gasteiger partial charge >= 0.3 is 0 Å². The van der Waals surface area contributed by atoms with Crippen molar-refractivity contribution in [1.29, 1.82) is 0 Å². The molecule has 0 aliphatic carbocycles. The topological polar surface area (TPSA) is 59.9 Å². The number of hydrogen-bond acceptors (Lipinski definition) is 4. The molecular formula is C29H24N2O2P2. The van der Waals surface area contributed by atoms with Crippen LogP contribution in [0.5, 0.6) is 0 Å². The van der Waals surface area contributed by atoms with Crippen molar-refractivity contribution in [3.8, 4) is 0 Å². The first-order chi connectivity index (χ1) is 17.0. The van der Waals surface area contributed by atoms with Crippen LogP contribution in [0.1, 0.15) is 5.69 Å². The Morgan fingerprint density at radius 1 is 0.486 bits per heavy atom. The summed E-state index contributed by atoms with van der Waals surface area (Å²) in [5.74, 6) is 0. The largest absolute Gasteiger partial charge is 0.307 e. The second-order valence-corrected chi connectivity index (χ2v) is 13.6. The molecule has 0 saturated heterocycles. The molecule has 0 bridgehead atoms. The predicted molar refractivity (Wildman–Crippen MR) is 146 cm³/mol. The van der Waals surface area contributed by atoms with Gasteiger partial charge in [-0.3, -0.25) is 0 Å². The summed E-state index contributed by atoms with van der Waals surface area (Å²) < 4.78 is 29.9. The molecule has 0 atom stereocenters. The predicted octanol–water partition coefficient (Wildman–Crippen LogP) is 4.06. The minimum atomic E-state index is -3.43. The van der Waals surface area contributed by atoms with E-state index in [0.717, 1.165) is 0 Å². The Balaban J connectivity index is 1.81. The highest BCUT2D eigenvalue weighted by Crippen LogP contribution is 2.44. The third-order valence-corrected chi connectivity index (χ3v) is 11.7. The van der Waals surface area contributed by atoms with Crippen LogP contribution in [0, 0.1) is 6.92 Å². The molecule has 4 aromatic carbocycles. The average Bonchev–Trinajstić information content (AvgIpc) is 2.93. The van der Waals surface area contributed by atoms with Crippen LogP contribution in [-0.4, -0.2) is 9.97 Å². The first kappa shape index (κ1) is 23.2. The van der Waals surface area contributed by atoms with Crippen molar-refractivity contribution >= 4 is 46.5 Å². The van der Waals surface area contributed by atoms with Crippen molar-refractivity contribution in [3.63, 3.8) is 0 Å². The highest BCUT2D eigenvalue weighted by Gasteiger charge is 2.37. The summed E-state index contributed by atoms with van der Waals surface area (Å²) in [5.41, 5.74) is 1.19. The van der Waals surface area contributed by atoms with Gasteiger partial charge in [0.1, 0.15) is 5.44 Å². The summed E-state index contributed by atoms with van der Waals surface area (Å²) in [6.45, 7) is 1.83. The number of aromatic nitrogens is 2. The van der Waals surface area contributed by atoms with Gasteiger partial charge in [0.25, 0.3) is 0 Å². The van der Waals surface area contributed by atoms with Gasteiger partial charge in [-0.25, -0.2) is 9.97 Å². The maximum absolute atomic E-state index is 14.9. The lowest BCUT2D eigenvalue weighted by molar-refractivity contribution is 0.591. The standard InChI is InChI=1S/C29H24N2O2P2/c1-23-22-28(34(32,24-14-6-2-7-15-24)25-16-8-3-9-17-25)31-29(30-23)35(33,26-18-10-4-11-19-26)27-20-12-5-13-21-27/h2-22H,1H3. The van der Waals surface area contributed by atoms with Gasteiger partial charge in [0.05, 0.1) is 0 Å². The van der Waals surface area contributed by atoms with Crippen LogP contribution in [0.4, 0.5) is 0 Å². The lowest BCUT2D eigenvalue weighted by Gasteiger charge is -2.22. The molecule has 4 nitrogen and oxygen atoms in total. The Kier molecular flexibility index (Phi) is 6.34. The third kappa shape index (κ3) is 4.21. The Morgan fingerprint density at radius 2 is 0.829 bits per heavy atom. The quantitative estimate of drug-likeness (QED) is 0.334. The lowest BCUT2D eigenvalue weighted by Crippen LogP contribution is -2.36. The van der Waals surface area contributed by atoms with E-state index in [9.17, 15) is 9.13 Å². The molecule has 172 valence electrons. The molecule has 0 unspecified atom stereocenters. The van der Waals surface area contributed by atoms with Crippen molar-refractivity contribution in [2.75, 3.05) is 0 Å². The van der Waals surface area contributed by atoms with Gasteiger partial charge in [0.2, 0.25) is 7.14 Å². The van der Waals surface area contributed by atoms with Crippen LogP contribution >= 0.6 is 14.3 Å². The van der Waals surface area contributed by atoms with E-state index in [1.54, 1.807) is 6.07 Å². The van der Waals surface area contributed by atoms with Gasteiger partial charge in [0, 0.05) is 26.9 Å². The molecule has 0 saturated carbocycles. The Morgan fingerprint density at radius 3 is 1.20 bits per heavy atom. The van der Waals surface area contributed by atoms with E-state index in [1.807, 2.05) is 128 Å². The molecule has 35 heavy (non-hydrogen) atoms. The molecule has 0 radical (unpaired) electrons. The number of hydrogen-bond donors (Lipinski definition) is 0. The van der Waals surface area contributed by atoms with Crippen LogP contribution in [0.25, 0.3) is 0 Å². The summed E-state index contributed by atoms with van der Waals surface area (Å²) in [6.07, 6.45) is 0. The average molecular weight is 494 g/mol. The van der Waals surface area contributed by atoms with E-state index in [2.05, 4.69) is 4.98 Å². The van der Waals surface area contributed by atoms with Gasteiger partial charge in [-0.15, -0.1) is 0 Å². The molecule has 1 aromatic heterocycles. The highest BCUT2D eigenvalue weighted by molar-refractivity contribution is 7.86. The van der Waals surface area contributed by atoms with Crippen LogP contribution < -0.4 is 32.2 Å². The smallest absolute Gasteiger partial charge is 0.206 e. The van der Waals surface area contributed by atoms with Crippen molar-refractivity contribution in [1.82, 2.24) is 9.97 Å². The van der Waals surface area contributed by atoms with E-state index < -0.39 is 14.3 Å². The SMILES string of the molecule is Cc1cc(P(=O)(c2ccccc2)c2ccccc2)nc(P(=O)(c2ccccc2)c2ccccc2)n1. The zero-order valence-corrected chi connectivity index (χ0v) is 21.0. The molecule has 6 heteroatoms. The van der Waals surface area contributed by atoms with Gasteiger partial charge in [-0.1, -0.05) is 121 Å². The molecule has 0 aliphatic rings. The van der Waals surface area contributed by atoms with Gasteiger partial charge in [-0.2, -0.15) is 0 Å². The molecule has 5 aromatic rings. The van der Waals surface area contributed by atoms with Crippen LogP contribution in [0.15, 0.2) is 127 Å². The first-order valence-electron chi connectivity index (χ1n) is 11.3. The third-order valence-electron chi connectivity index (χ3n) is 5.91. The van der Waals surface area contributed by atoms with Gasteiger partial charge in [0.15, 0.2) is 12.7 Å². The molecular weight excluding hydrogens is 470 g/mol. The van der Waals surface area contributed by atoms with E-state index in [0.29, 0.717) is 32.3 Å². The van der Waals surface area contributed by atoms with Gasteiger partial charge in [-0.05, 0) is 13.0 Å². The fourth-order valence-electron chi connectivity index (χ4n) is 4.18. The summed E-state index contributed by atoms with van der Waals surface area (Å²) in [5, 5.41) is 2.61. The Hall–Kier alpha value is -3.58. The second-order valence-electron chi connectivity index (χ2n) is 8.23. The molecule has 0 fully saturated rings. The molecule has 0 aliphatic heterocycles. The molecule has 1 heterocycles. The summed E-state index contributed by atoms with van der Waals surface area (Å²) in [6, 6.07) is 39.1. The molecule has 0 N–H and O–H groups in total. The molecule has 0 spiro atoms. The second kappa shape index (κ2) is 9.58. The zero-order valence-electron chi connectivity index (χ0n) is 19.2. The van der Waals surface area contributed by atoms with Gasteiger partial charge < -0.3 is 9.13 Å². The van der Waals surface area contributed by atoms with Crippen molar-refractivity contribution in [2.45, 2.75) is 6.92 Å². The maximum Gasteiger partial charge on any atom is 0.206 e. The number of benzene rings is 4. The Bertz CT molecular complexity index is 1340. The van der Waals surface area contributed by atoms with E-state index >= 15 is 0 Å². The summed E-state index contributed by atoms with van der Waals surface area (Å²) in [4.78, 5) is 9.51. The van der Waals surface area contributed by atoms with Crippen molar-refractivity contribution in [3.05, 3.63) is 133 Å². The van der Waals surface area contributed by atoms with Crippen LogP contribution in [0.2, 0.25) is 0 Å². The fourth-order valence-corrected chi connectivity index (χ4v) is 9.37. The minimum Gasteiger partial charge on any atom is -0.307 e. The number of rotatable bonds is 6. The first-order valence-corrected chi connectivity index (χ1v) is 14.7. The van der Waals surface area contributed by atoms with E-state index in [1.165, 1.54) is 0 Å². The van der Waals surface area contributed by atoms with Crippen molar-refractivity contribution in [2.24, 2.45) is 0 Å². The van der Waals surface area contributed by atoms with Crippen LogP contribution in [-0.2, 0) is 9.13 Å². The van der Waals surface area contributed by atoms with E-state index in [4.69, 9.17) is 4.98 Å². The van der Waals surface area contributed by atoms with E-state index in [-0.39, 0.29) is 5.57 Å². The number of nitrogens with zero attached hydrogens (tertiary/aromatic N) is 2. The number of aryl methyl sites for hydroxylation is 1. The zero-order chi connectivity index (χ0) is 24.3. The lowest BCUT2D eigenvalue weighted by atomic mass is 10.4. The maximum atomic E-state index is 14.9. The van der Waals surface area contributed by atoms with Crippen LogP contribution in [0.3, 0.4) is 0 Å². The molecule has 5 rings (SSSR count). The normalized spacial score (nSPS) is 11.8. The Labute approximate surface area is 205 Å². The highest BCUT2D eigenvalue weighted by atomic mass is 31.2.